The molecule has 0 aliphatic heterocycles. The lowest BCUT2D eigenvalue weighted by molar-refractivity contribution is 0.242. The molecule has 0 aliphatic rings. The van der Waals surface area contributed by atoms with Gasteiger partial charge in [0, 0.05) is 6.54 Å². The number of amides is 1. The Bertz CT molecular complexity index is 335. The fraction of sp³-hybridized carbons (Fsp3) is 0.417. The minimum absolute atomic E-state index is 0.189. The predicted octanol–water partition coefficient (Wildman–Crippen LogP) is 2.66. The van der Waals surface area contributed by atoms with Crippen molar-refractivity contribution >= 4 is 17.9 Å². The number of nitrogens with one attached hydrogen (secondary N) is 1. The zero-order valence-electron chi connectivity index (χ0n) is 9.56. The van der Waals surface area contributed by atoms with Gasteiger partial charge in [0.1, 0.15) is 5.75 Å². The summed E-state index contributed by atoms with van der Waals surface area (Å²) < 4.78 is 5.53. The van der Waals surface area contributed by atoms with Crippen LogP contribution in [-0.4, -0.2) is 17.9 Å². The van der Waals surface area contributed by atoms with Gasteiger partial charge >= 0.3 is 0 Å². The van der Waals surface area contributed by atoms with Gasteiger partial charge in [-0.3, -0.25) is 4.79 Å². The van der Waals surface area contributed by atoms with Gasteiger partial charge < -0.3 is 10.1 Å². The van der Waals surface area contributed by atoms with Crippen LogP contribution in [0.3, 0.4) is 0 Å². The highest BCUT2D eigenvalue weighted by molar-refractivity contribution is 7.96. The molecule has 1 aromatic carbocycles. The number of ether oxygens (including phenoxy) is 1. The monoisotopic (exact) mass is 239 g/mol. The Balaban J connectivity index is 2.42. The lowest BCUT2D eigenvalue weighted by Gasteiger charge is -2.10. The molecule has 16 heavy (non-hydrogen) atoms. The van der Waals surface area contributed by atoms with E-state index in [2.05, 4.69) is 17.9 Å². The average molecular weight is 239 g/mol. The van der Waals surface area contributed by atoms with Crippen LogP contribution in [0.15, 0.2) is 24.3 Å². The van der Waals surface area contributed by atoms with Crippen LogP contribution in [0.5, 0.6) is 5.75 Å². The summed E-state index contributed by atoms with van der Waals surface area (Å²) in [4.78, 5) is 10.5. The third kappa shape index (κ3) is 5.07. The Morgan fingerprint density at radius 1 is 1.38 bits per heavy atom. The van der Waals surface area contributed by atoms with Crippen molar-refractivity contribution in [2.75, 3.05) is 6.54 Å². The smallest absolute Gasteiger partial charge is 0.275 e. The number of hydrogen-bond acceptors (Lipinski definition) is 2. The van der Waals surface area contributed by atoms with Gasteiger partial charge in [0.2, 0.25) is 0 Å². The lowest BCUT2D eigenvalue weighted by Crippen LogP contribution is -2.19. The number of hydrogen-bond donors (Lipinski definition) is 2. The molecule has 0 bridgehead atoms. The molecule has 0 aliphatic carbocycles. The van der Waals surface area contributed by atoms with E-state index in [9.17, 15) is 4.79 Å². The molecule has 0 atom stereocenters. The largest absolute Gasteiger partial charge is 0.491 e. The molecule has 0 saturated carbocycles. The van der Waals surface area contributed by atoms with Crippen LogP contribution in [0.4, 0.5) is 4.79 Å². The summed E-state index contributed by atoms with van der Waals surface area (Å²) in [5, 5.41) is 2.34. The van der Waals surface area contributed by atoms with Gasteiger partial charge in [0.05, 0.1) is 6.10 Å². The summed E-state index contributed by atoms with van der Waals surface area (Å²) >= 11 is 3.63. The van der Waals surface area contributed by atoms with Crippen molar-refractivity contribution in [1.82, 2.24) is 5.32 Å². The van der Waals surface area contributed by atoms with Crippen LogP contribution in [0.25, 0.3) is 0 Å². The molecule has 0 unspecified atom stereocenters. The van der Waals surface area contributed by atoms with Gasteiger partial charge in [-0.05, 0) is 38.0 Å². The Kier molecular flexibility index (Phi) is 5.19. The minimum atomic E-state index is -0.292. The molecule has 0 saturated heterocycles. The van der Waals surface area contributed by atoms with Crippen LogP contribution >= 0.6 is 12.6 Å². The van der Waals surface area contributed by atoms with E-state index in [0.29, 0.717) is 6.54 Å². The summed E-state index contributed by atoms with van der Waals surface area (Å²) in [5.41, 5.74) is 1.16. The van der Waals surface area contributed by atoms with Crippen molar-refractivity contribution < 1.29 is 9.53 Å². The summed E-state index contributed by atoms with van der Waals surface area (Å²) in [6.07, 6.45) is 0.989. The van der Waals surface area contributed by atoms with Crippen molar-refractivity contribution in [2.24, 2.45) is 0 Å². The van der Waals surface area contributed by atoms with Gasteiger partial charge in [0.25, 0.3) is 5.24 Å². The predicted molar refractivity (Wildman–Crippen MR) is 68.3 cm³/mol. The molecule has 3 nitrogen and oxygen atoms in total. The van der Waals surface area contributed by atoms with Crippen molar-refractivity contribution in [3.63, 3.8) is 0 Å². The van der Waals surface area contributed by atoms with Gasteiger partial charge in [-0.1, -0.05) is 24.8 Å². The number of benzene rings is 1. The number of carbonyl (C=O) groups excluding carboxylic acids is 1. The molecule has 4 heteroatoms. The fourth-order valence-corrected chi connectivity index (χ4v) is 1.43. The van der Waals surface area contributed by atoms with Crippen LogP contribution in [0.1, 0.15) is 19.4 Å². The molecule has 0 fully saturated rings. The van der Waals surface area contributed by atoms with Gasteiger partial charge in [0.15, 0.2) is 0 Å². The zero-order valence-corrected chi connectivity index (χ0v) is 10.5. The van der Waals surface area contributed by atoms with Gasteiger partial charge in [-0.2, -0.15) is 0 Å². The third-order valence-corrected chi connectivity index (χ3v) is 2.14. The summed E-state index contributed by atoms with van der Waals surface area (Å²) in [6.45, 7) is 4.60. The maximum atomic E-state index is 10.5. The minimum Gasteiger partial charge on any atom is -0.491 e. The Morgan fingerprint density at radius 2 is 2.00 bits per heavy atom. The van der Waals surface area contributed by atoms with E-state index in [0.717, 1.165) is 17.7 Å². The van der Waals surface area contributed by atoms with Crippen molar-refractivity contribution in [3.8, 4) is 5.75 Å². The number of thiol groups is 1. The van der Waals surface area contributed by atoms with E-state index in [1.54, 1.807) is 0 Å². The molecule has 0 heterocycles. The normalized spacial score (nSPS) is 10.2. The lowest BCUT2D eigenvalue weighted by atomic mass is 10.1. The van der Waals surface area contributed by atoms with E-state index >= 15 is 0 Å². The summed E-state index contributed by atoms with van der Waals surface area (Å²) in [7, 11) is 0. The van der Waals surface area contributed by atoms with Crippen LogP contribution in [-0.2, 0) is 6.42 Å². The highest BCUT2D eigenvalue weighted by atomic mass is 32.1. The van der Waals surface area contributed by atoms with Crippen LogP contribution < -0.4 is 10.1 Å². The molecule has 0 radical (unpaired) electrons. The summed E-state index contributed by atoms with van der Waals surface area (Å²) in [6, 6.07) is 7.89. The molecule has 0 spiro atoms. The molecule has 1 rings (SSSR count). The molecule has 1 N–H and O–H groups in total. The Labute approximate surface area is 102 Å². The Hall–Kier alpha value is -1.16. The van der Waals surface area contributed by atoms with Crippen molar-refractivity contribution in [3.05, 3.63) is 29.8 Å². The second-order valence-corrected chi connectivity index (χ2v) is 4.20. The Morgan fingerprint density at radius 3 is 2.50 bits per heavy atom. The molecule has 0 aromatic heterocycles. The zero-order chi connectivity index (χ0) is 12.0. The van der Waals surface area contributed by atoms with Crippen molar-refractivity contribution in [2.45, 2.75) is 26.4 Å². The standard InChI is InChI=1S/C12H17NO2S/c1-9(2)15-11-5-3-10(4-6-11)7-8-13-12(14)16/h3-6,9H,7-8H2,1-2H3,(H2,13,14,16). The first-order chi connectivity index (χ1) is 7.58. The topological polar surface area (TPSA) is 38.3 Å². The van der Waals surface area contributed by atoms with Gasteiger partial charge in [-0.15, -0.1) is 0 Å². The highest BCUT2D eigenvalue weighted by Gasteiger charge is 1.98. The quantitative estimate of drug-likeness (QED) is 0.775. The van der Waals surface area contributed by atoms with Crippen LogP contribution in [0, 0.1) is 0 Å². The summed E-state index contributed by atoms with van der Waals surface area (Å²) in [5.74, 6) is 0.872. The first-order valence-corrected chi connectivity index (χ1v) is 5.75. The fourth-order valence-electron chi connectivity index (χ4n) is 1.32. The van der Waals surface area contributed by atoms with E-state index < -0.39 is 0 Å². The number of rotatable bonds is 5. The second-order valence-electron chi connectivity index (χ2n) is 3.79. The van der Waals surface area contributed by atoms with Gasteiger partial charge in [-0.25, -0.2) is 0 Å². The van der Waals surface area contributed by atoms with E-state index in [4.69, 9.17) is 4.74 Å². The first-order valence-electron chi connectivity index (χ1n) is 5.30. The maximum absolute atomic E-state index is 10.5. The second kappa shape index (κ2) is 6.43. The van der Waals surface area contributed by atoms with E-state index in [1.165, 1.54) is 0 Å². The van der Waals surface area contributed by atoms with E-state index in [-0.39, 0.29) is 11.3 Å². The maximum Gasteiger partial charge on any atom is 0.275 e. The first kappa shape index (κ1) is 12.9. The molecular formula is C12H17NO2S. The highest BCUT2D eigenvalue weighted by Crippen LogP contribution is 2.13. The van der Waals surface area contributed by atoms with Crippen LogP contribution in [0.2, 0.25) is 0 Å². The van der Waals surface area contributed by atoms with Crippen molar-refractivity contribution in [1.29, 1.82) is 0 Å². The SMILES string of the molecule is CC(C)Oc1ccc(CCNC(=O)S)cc1. The molecular weight excluding hydrogens is 222 g/mol. The molecule has 1 aromatic rings. The third-order valence-electron chi connectivity index (χ3n) is 1.99. The molecule has 1 amide bonds. The van der Waals surface area contributed by atoms with E-state index in [1.807, 2.05) is 38.1 Å². The molecule has 88 valence electrons. The average Bonchev–Trinajstić information content (AvgIpc) is 2.19. The number of carbonyl (C=O) groups is 1.